The van der Waals surface area contributed by atoms with Crippen molar-refractivity contribution in [1.29, 1.82) is 0 Å². The Labute approximate surface area is 196 Å². The van der Waals surface area contributed by atoms with E-state index in [-0.39, 0.29) is 5.91 Å². The number of nitrogens with zero attached hydrogens (tertiary/aromatic N) is 1. The third-order valence-corrected chi connectivity index (χ3v) is 8.25. The summed E-state index contributed by atoms with van der Waals surface area (Å²) in [4.78, 5) is 15.5. The number of nitrogens with one attached hydrogen (secondary N) is 2. The van der Waals surface area contributed by atoms with Crippen molar-refractivity contribution in [2.75, 3.05) is 44.1 Å². The SMILES string of the molecule is Cc1cc(C)c(S(=O)(=O)Nc2ccc(C3(C(=O)NCCN4CCOCC4)CC3)cc2)c(C)c1. The fraction of sp³-hybridized carbons (Fsp3) is 0.480. The number of amides is 1. The molecule has 1 heterocycles. The number of rotatable bonds is 8. The largest absolute Gasteiger partial charge is 0.379 e. The molecule has 8 heteroatoms. The van der Waals surface area contributed by atoms with E-state index in [4.69, 9.17) is 4.74 Å². The number of ether oxygens (including phenoxy) is 1. The van der Waals surface area contributed by atoms with Crippen LogP contribution in [0.5, 0.6) is 0 Å². The Morgan fingerprint density at radius 1 is 1.03 bits per heavy atom. The molecular weight excluding hydrogens is 438 g/mol. The van der Waals surface area contributed by atoms with Gasteiger partial charge in [-0.1, -0.05) is 29.8 Å². The number of morpholine rings is 1. The number of hydrogen-bond acceptors (Lipinski definition) is 5. The molecule has 7 nitrogen and oxygen atoms in total. The lowest BCUT2D eigenvalue weighted by molar-refractivity contribution is -0.123. The lowest BCUT2D eigenvalue weighted by Crippen LogP contribution is -2.43. The molecule has 2 aromatic rings. The number of carbonyl (C=O) groups is 1. The lowest BCUT2D eigenvalue weighted by atomic mass is 9.95. The van der Waals surface area contributed by atoms with Gasteiger partial charge in [0.25, 0.3) is 10.0 Å². The van der Waals surface area contributed by atoms with Gasteiger partial charge in [0.05, 0.1) is 23.5 Å². The van der Waals surface area contributed by atoms with Crippen LogP contribution in [0.25, 0.3) is 0 Å². The first-order valence-electron chi connectivity index (χ1n) is 11.5. The molecule has 2 aromatic carbocycles. The zero-order valence-corrected chi connectivity index (χ0v) is 20.4. The maximum absolute atomic E-state index is 13.0. The highest BCUT2D eigenvalue weighted by Crippen LogP contribution is 2.48. The first kappa shape index (κ1) is 23.7. The van der Waals surface area contributed by atoms with Crippen LogP contribution in [0.3, 0.4) is 0 Å². The predicted molar refractivity (Wildman–Crippen MR) is 129 cm³/mol. The molecule has 1 saturated carbocycles. The fourth-order valence-electron chi connectivity index (χ4n) is 4.75. The number of aryl methyl sites for hydroxylation is 3. The van der Waals surface area contributed by atoms with Gasteiger partial charge in [-0.25, -0.2) is 8.42 Å². The number of hydrogen-bond donors (Lipinski definition) is 2. The van der Waals surface area contributed by atoms with Gasteiger partial charge in [0.2, 0.25) is 5.91 Å². The van der Waals surface area contributed by atoms with Crippen molar-refractivity contribution in [2.45, 2.75) is 43.9 Å². The Morgan fingerprint density at radius 2 is 1.64 bits per heavy atom. The highest BCUT2D eigenvalue weighted by Gasteiger charge is 2.51. The zero-order chi connectivity index (χ0) is 23.6. The summed E-state index contributed by atoms with van der Waals surface area (Å²) in [6.07, 6.45) is 1.62. The van der Waals surface area contributed by atoms with Crippen molar-refractivity contribution in [3.63, 3.8) is 0 Å². The maximum atomic E-state index is 13.0. The van der Waals surface area contributed by atoms with Crippen LogP contribution in [0.4, 0.5) is 5.69 Å². The Bertz CT molecular complexity index is 1100. The van der Waals surface area contributed by atoms with Crippen molar-refractivity contribution >= 4 is 21.6 Å². The van der Waals surface area contributed by atoms with E-state index in [2.05, 4.69) is 14.9 Å². The van der Waals surface area contributed by atoms with Gasteiger partial charge in [0.15, 0.2) is 0 Å². The summed E-state index contributed by atoms with van der Waals surface area (Å²) in [6, 6.07) is 11.0. The number of carbonyl (C=O) groups excluding carboxylic acids is 1. The summed E-state index contributed by atoms with van der Waals surface area (Å²) in [5.41, 5.74) is 3.40. The van der Waals surface area contributed by atoms with E-state index in [1.54, 1.807) is 12.1 Å². The molecular formula is C25H33N3O4S. The molecule has 1 amide bonds. The van der Waals surface area contributed by atoms with Crippen LogP contribution in [0.15, 0.2) is 41.3 Å². The topological polar surface area (TPSA) is 87.7 Å². The molecule has 0 radical (unpaired) electrons. The standard InChI is InChI=1S/C25H33N3O4S/c1-18-16-19(2)23(20(3)17-18)33(30,31)27-22-6-4-21(5-7-22)25(8-9-25)24(29)26-10-11-28-12-14-32-15-13-28/h4-7,16-17,27H,8-15H2,1-3H3,(H,26,29). The van der Waals surface area contributed by atoms with Crippen LogP contribution in [0, 0.1) is 20.8 Å². The molecule has 0 spiro atoms. The highest BCUT2D eigenvalue weighted by atomic mass is 32.2. The van der Waals surface area contributed by atoms with Crippen molar-refractivity contribution in [2.24, 2.45) is 0 Å². The summed E-state index contributed by atoms with van der Waals surface area (Å²) >= 11 is 0. The Hall–Kier alpha value is -2.42. The lowest BCUT2D eigenvalue weighted by Gasteiger charge is -2.27. The van der Waals surface area contributed by atoms with Crippen LogP contribution in [-0.2, 0) is 25.0 Å². The van der Waals surface area contributed by atoms with Gasteiger partial charge in [-0.05, 0) is 62.4 Å². The minimum absolute atomic E-state index is 0.0509. The average Bonchev–Trinajstić information content (AvgIpc) is 3.56. The van der Waals surface area contributed by atoms with E-state index in [0.29, 0.717) is 17.1 Å². The van der Waals surface area contributed by atoms with Crippen LogP contribution < -0.4 is 10.0 Å². The molecule has 4 rings (SSSR count). The van der Waals surface area contributed by atoms with Crippen molar-refractivity contribution in [3.8, 4) is 0 Å². The average molecular weight is 472 g/mol. The van der Waals surface area contributed by atoms with Crippen LogP contribution in [0.2, 0.25) is 0 Å². The first-order valence-corrected chi connectivity index (χ1v) is 13.0. The molecule has 33 heavy (non-hydrogen) atoms. The molecule has 2 aliphatic rings. The minimum Gasteiger partial charge on any atom is -0.379 e. The second kappa shape index (κ2) is 9.44. The molecule has 0 atom stereocenters. The van der Waals surface area contributed by atoms with Gasteiger partial charge < -0.3 is 10.1 Å². The van der Waals surface area contributed by atoms with E-state index in [9.17, 15) is 13.2 Å². The van der Waals surface area contributed by atoms with Crippen molar-refractivity contribution in [1.82, 2.24) is 10.2 Å². The van der Waals surface area contributed by atoms with Gasteiger partial charge in [-0.2, -0.15) is 0 Å². The Kier molecular flexibility index (Phi) is 6.79. The molecule has 1 aliphatic carbocycles. The molecule has 2 fully saturated rings. The molecule has 0 bridgehead atoms. The molecule has 1 aliphatic heterocycles. The zero-order valence-electron chi connectivity index (χ0n) is 19.6. The molecule has 0 aromatic heterocycles. The molecule has 2 N–H and O–H groups in total. The van der Waals surface area contributed by atoms with Gasteiger partial charge >= 0.3 is 0 Å². The van der Waals surface area contributed by atoms with Gasteiger partial charge in [-0.3, -0.25) is 14.4 Å². The predicted octanol–water partition coefficient (Wildman–Crippen LogP) is 2.89. The maximum Gasteiger partial charge on any atom is 0.262 e. The summed E-state index contributed by atoms with van der Waals surface area (Å²) in [5, 5.41) is 3.09. The second-order valence-electron chi connectivity index (χ2n) is 9.20. The summed E-state index contributed by atoms with van der Waals surface area (Å²) in [6.45, 7) is 10.3. The molecule has 178 valence electrons. The summed E-state index contributed by atoms with van der Waals surface area (Å²) in [7, 11) is -3.71. The number of anilines is 1. The molecule has 0 unspecified atom stereocenters. The van der Waals surface area contributed by atoms with Crippen LogP contribution in [0.1, 0.15) is 35.1 Å². The van der Waals surface area contributed by atoms with Crippen LogP contribution in [-0.4, -0.2) is 58.6 Å². The third kappa shape index (κ3) is 5.23. The Balaban J connectivity index is 1.40. The van der Waals surface area contributed by atoms with E-state index in [1.165, 1.54) is 0 Å². The van der Waals surface area contributed by atoms with Crippen molar-refractivity contribution < 1.29 is 17.9 Å². The first-order chi connectivity index (χ1) is 15.7. The third-order valence-electron chi connectivity index (χ3n) is 6.57. The fourth-order valence-corrected chi connectivity index (χ4v) is 6.26. The Morgan fingerprint density at radius 3 is 2.21 bits per heavy atom. The van der Waals surface area contributed by atoms with Gasteiger partial charge in [0.1, 0.15) is 0 Å². The van der Waals surface area contributed by atoms with Gasteiger partial charge in [0, 0.05) is 31.9 Å². The quantitative estimate of drug-likeness (QED) is 0.618. The minimum atomic E-state index is -3.71. The monoisotopic (exact) mass is 471 g/mol. The normalized spacial score (nSPS) is 18.0. The van der Waals surface area contributed by atoms with Gasteiger partial charge in [-0.15, -0.1) is 0 Å². The van der Waals surface area contributed by atoms with E-state index < -0.39 is 15.4 Å². The van der Waals surface area contributed by atoms with E-state index in [1.807, 2.05) is 45.0 Å². The highest BCUT2D eigenvalue weighted by molar-refractivity contribution is 7.92. The number of sulfonamides is 1. The number of benzene rings is 2. The van der Waals surface area contributed by atoms with Crippen LogP contribution >= 0.6 is 0 Å². The summed E-state index contributed by atoms with van der Waals surface area (Å²) < 4.78 is 34.1. The molecule has 1 saturated heterocycles. The van der Waals surface area contributed by atoms with Crippen molar-refractivity contribution in [3.05, 3.63) is 58.7 Å². The summed E-state index contributed by atoms with van der Waals surface area (Å²) in [5.74, 6) is 0.0509. The second-order valence-corrected chi connectivity index (χ2v) is 10.8. The van der Waals surface area contributed by atoms with E-state index in [0.717, 1.165) is 67.9 Å². The smallest absolute Gasteiger partial charge is 0.262 e. The van der Waals surface area contributed by atoms with E-state index >= 15 is 0 Å².